The molecule has 0 aromatic carbocycles. The zero-order valence-electron chi connectivity index (χ0n) is 18.8. The summed E-state index contributed by atoms with van der Waals surface area (Å²) < 4.78 is 7.11. The largest absolute Gasteiger partial charge is 0.481 e. The van der Waals surface area contributed by atoms with Crippen molar-refractivity contribution >= 4 is 17.4 Å². The Morgan fingerprint density at radius 3 is 2.71 bits per heavy atom. The lowest BCUT2D eigenvalue weighted by Gasteiger charge is -2.25. The van der Waals surface area contributed by atoms with Crippen molar-refractivity contribution in [1.82, 2.24) is 24.5 Å². The number of aromatic nitrogens is 4. The smallest absolute Gasteiger partial charge is 0.239 e. The number of anilines is 1. The molecule has 3 aromatic heterocycles. The molecule has 31 heavy (non-hydrogen) atoms. The number of methoxy groups -OCH3 is 1. The number of hydrogen-bond donors (Lipinski definition) is 1. The molecule has 0 radical (unpaired) electrons. The lowest BCUT2D eigenvalue weighted by atomic mass is 10.0. The van der Waals surface area contributed by atoms with E-state index in [0.29, 0.717) is 37.0 Å². The first-order chi connectivity index (χ1) is 14.8. The van der Waals surface area contributed by atoms with Crippen molar-refractivity contribution < 1.29 is 9.53 Å². The summed E-state index contributed by atoms with van der Waals surface area (Å²) in [4.78, 5) is 25.2. The van der Waals surface area contributed by atoms with Crippen LogP contribution in [0.25, 0.3) is 16.8 Å². The van der Waals surface area contributed by atoms with Crippen LogP contribution in [-0.4, -0.2) is 70.7 Å². The Morgan fingerprint density at radius 1 is 1.23 bits per heavy atom. The first kappa shape index (κ1) is 22.5. The Hall–Kier alpha value is -3.20. The number of ether oxygens (including phenoxy) is 1. The van der Waals surface area contributed by atoms with Gasteiger partial charge in [0.05, 0.1) is 24.9 Å². The summed E-state index contributed by atoms with van der Waals surface area (Å²) in [6.07, 6.45) is 5.99. The number of hydrogen-bond acceptors (Lipinski definition) is 7. The number of carbonyl (C=O) groups excluding carboxylic acids is 1. The predicted molar refractivity (Wildman–Crippen MR) is 121 cm³/mol. The number of rotatable bonds is 9. The van der Waals surface area contributed by atoms with Crippen molar-refractivity contribution in [2.24, 2.45) is 11.7 Å². The van der Waals surface area contributed by atoms with Crippen LogP contribution in [0.5, 0.6) is 5.88 Å². The van der Waals surface area contributed by atoms with E-state index < -0.39 is 6.04 Å². The third kappa shape index (κ3) is 5.11. The van der Waals surface area contributed by atoms with E-state index in [2.05, 4.69) is 23.9 Å². The number of carbonyl (C=O) groups is 1. The van der Waals surface area contributed by atoms with Crippen molar-refractivity contribution in [3.8, 4) is 17.0 Å². The SMILES string of the molecule is COc1ncccc1-c1cnn2ccc(N(C)CCN(C)C(=O)[C@@H](N)CC(C)C)nc12. The maximum absolute atomic E-state index is 12.5. The van der Waals surface area contributed by atoms with Gasteiger partial charge in [-0.05, 0) is 30.5 Å². The summed E-state index contributed by atoms with van der Waals surface area (Å²) in [7, 11) is 5.33. The van der Waals surface area contributed by atoms with E-state index in [1.54, 1.807) is 36.0 Å². The molecule has 9 heteroatoms. The second kappa shape index (κ2) is 9.74. The van der Waals surface area contributed by atoms with Gasteiger partial charge in [0, 0.05) is 45.1 Å². The molecule has 3 heterocycles. The molecule has 0 spiro atoms. The van der Waals surface area contributed by atoms with Gasteiger partial charge in [0.15, 0.2) is 5.65 Å². The van der Waals surface area contributed by atoms with Crippen molar-refractivity contribution in [1.29, 1.82) is 0 Å². The molecule has 166 valence electrons. The molecule has 0 saturated carbocycles. The molecule has 0 fully saturated rings. The maximum atomic E-state index is 12.5. The number of likely N-dealkylation sites (N-methyl/N-ethyl adjacent to an activating group) is 2. The van der Waals surface area contributed by atoms with Gasteiger partial charge in [-0.15, -0.1) is 0 Å². The fourth-order valence-electron chi connectivity index (χ4n) is 3.44. The molecule has 2 N–H and O–H groups in total. The van der Waals surface area contributed by atoms with Crippen LogP contribution in [0.15, 0.2) is 36.8 Å². The first-order valence-electron chi connectivity index (χ1n) is 10.4. The summed E-state index contributed by atoms with van der Waals surface area (Å²) >= 11 is 0. The Morgan fingerprint density at radius 2 is 2.00 bits per heavy atom. The van der Waals surface area contributed by atoms with Gasteiger partial charge in [-0.1, -0.05) is 13.8 Å². The molecule has 0 bridgehead atoms. The highest BCUT2D eigenvalue weighted by Crippen LogP contribution is 2.30. The molecule has 3 rings (SSSR count). The van der Waals surface area contributed by atoms with E-state index in [4.69, 9.17) is 15.5 Å². The van der Waals surface area contributed by atoms with Crippen LogP contribution in [0, 0.1) is 5.92 Å². The number of fused-ring (bicyclic) bond motifs is 1. The normalized spacial score (nSPS) is 12.2. The standard InChI is InChI=1S/C22H31N7O2/c1-15(2)13-18(23)22(30)28(4)12-11-27(3)19-8-10-29-20(26-19)17(14-25-29)16-7-6-9-24-21(16)31-5/h6-10,14-15,18H,11-13,23H2,1-5H3/t18-/m0/s1. The van der Waals surface area contributed by atoms with Crippen LogP contribution in [0.4, 0.5) is 5.82 Å². The molecule has 0 aliphatic carbocycles. The molecular weight excluding hydrogens is 394 g/mol. The molecule has 1 amide bonds. The quantitative estimate of drug-likeness (QED) is 0.560. The van der Waals surface area contributed by atoms with Gasteiger partial charge in [0.2, 0.25) is 11.8 Å². The number of pyridine rings is 1. The monoisotopic (exact) mass is 425 g/mol. The van der Waals surface area contributed by atoms with Gasteiger partial charge in [-0.2, -0.15) is 5.10 Å². The number of nitrogens with two attached hydrogens (primary N) is 1. The lowest BCUT2D eigenvalue weighted by Crippen LogP contribution is -2.44. The highest BCUT2D eigenvalue weighted by molar-refractivity contribution is 5.81. The first-order valence-corrected chi connectivity index (χ1v) is 10.4. The van der Waals surface area contributed by atoms with E-state index in [-0.39, 0.29) is 5.91 Å². The fraction of sp³-hybridized carbons (Fsp3) is 0.455. The number of nitrogens with zero attached hydrogens (tertiary/aromatic N) is 6. The van der Waals surface area contributed by atoms with E-state index in [0.717, 1.165) is 16.9 Å². The van der Waals surface area contributed by atoms with Crippen LogP contribution in [0.1, 0.15) is 20.3 Å². The Bertz CT molecular complexity index is 1030. The second-order valence-corrected chi connectivity index (χ2v) is 8.09. The van der Waals surface area contributed by atoms with Gasteiger partial charge < -0.3 is 20.3 Å². The zero-order chi connectivity index (χ0) is 22.5. The van der Waals surface area contributed by atoms with Crippen LogP contribution in [0.2, 0.25) is 0 Å². The van der Waals surface area contributed by atoms with Crippen LogP contribution in [0.3, 0.4) is 0 Å². The zero-order valence-corrected chi connectivity index (χ0v) is 18.8. The molecule has 9 nitrogen and oxygen atoms in total. The van der Waals surface area contributed by atoms with Crippen LogP contribution < -0.4 is 15.4 Å². The van der Waals surface area contributed by atoms with Crippen molar-refractivity contribution in [2.45, 2.75) is 26.3 Å². The summed E-state index contributed by atoms with van der Waals surface area (Å²) in [6, 6.07) is 5.22. The van der Waals surface area contributed by atoms with Gasteiger partial charge in [0.25, 0.3) is 0 Å². The summed E-state index contributed by atoms with van der Waals surface area (Å²) in [5.74, 6) is 1.65. The van der Waals surface area contributed by atoms with Gasteiger partial charge >= 0.3 is 0 Å². The molecule has 0 saturated heterocycles. The van der Waals surface area contributed by atoms with Crippen LogP contribution >= 0.6 is 0 Å². The minimum absolute atomic E-state index is 0.0349. The molecule has 0 unspecified atom stereocenters. The summed E-state index contributed by atoms with van der Waals surface area (Å²) in [5.41, 5.74) is 8.42. The van der Waals surface area contributed by atoms with E-state index >= 15 is 0 Å². The summed E-state index contributed by atoms with van der Waals surface area (Å²) in [5, 5.41) is 4.40. The Labute approximate surface area is 182 Å². The predicted octanol–water partition coefficient (Wildman–Crippen LogP) is 2.07. The van der Waals surface area contributed by atoms with E-state index in [1.807, 2.05) is 36.3 Å². The molecule has 1 atom stereocenters. The van der Waals surface area contributed by atoms with E-state index in [9.17, 15) is 4.79 Å². The average Bonchev–Trinajstić information content (AvgIpc) is 3.19. The van der Waals surface area contributed by atoms with Gasteiger partial charge in [-0.3, -0.25) is 4.79 Å². The van der Waals surface area contributed by atoms with E-state index in [1.165, 1.54) is 0 Å². The minimum Gasteiger partial charge on any atom is -0.481 e. The van der Waals surface area contributed by atoms with Crippen molar-refractivity contribution in [3.63, 3.8) is 0 Å². The number of amides is 1. The average molecular weight is 426 g/mol. The summed E-state index contributed by atoms with van der Waals surface area (Å²) in [6.45, 7) is 5.30. The third-order valence-electron chi connectivity index (χ3n) is 5.19. The highest BCUT2D eigenvalue weighted by Gasteiger charge is 2.20. The Kier molecular flexibility index (Phi) is 7.06. The van der Waals surface area contributed by atoms with Crippen LogP contribution in [-0.2, 0) is 4.79 Å². The van der Waals surface area contributed by atoms with Gasteiger partial charge in [0.1, 0.15) is 5.82 Å². The lowest BCUT2D eigenvalue weighted by molar-refractivity contribution is -0.131. The maximum Gasteiger partial charge on any atom is 0.239 e. The highest BCUT2D eigenvalue weighted by atomic mass is 16.5. The third-order valence-corrected chi connectivity index (χ3v) is 5.19. The fourth-order valence-corrected chi connectivity index (χ4v) is 3.44. The topological polar surface area (TPSA) is 102 Å². The molecule has 0 aliphatic rings. The molecule has 3 aromatic rings. The molecule has 0 aliphatic heterocycles. The minimum atomic E-state index is -0.464. The van der Waals surface area contributed by atoms with Crippen molar-refractivity contribution in [3.05, 3.63) is 36.8 Å². The molecular formula is C22H31N7O2. The Balaban J connectivity index is 1.75. The second-order valence-electron chi connectivity index (χ2n) is 8.09. The van der Waals surface area contributed by atoms with Gasteiger partial charge in [-0.25, -0.2) is 14.5 Å². The van der Waals surface area contributed by atoms with Crippen molar-refractivity contribution in [2.75, 3.05) is 39.2 Å².